The molecular weight excluding hydrogens is 381 g/mol. The topological polar surface area (TPSA) is 101 Å². The van der Waals surface area contributed by atoms with Crippen LogP contribution in [0, 0.1) is 17.0 Å². The molecule has 0 aliphatic heterocycles. The standard InChI is InChI=1S/C17H15Cl2N3O4/c1-9-7-12(18)4-6-14(9)21-16(23)10(2)20-17(24)11-3-5-13(19)15(8-11)22(25)26/h3-8,10H,1-2H3,(H,20,24)(H,21,23)/t10-/m0/s1. The highest BCUT2D eigenvalue weighted by atomic mass is 35.5. The number of hydrogen-bond donors (Lipinski definition) is 2. The lowest BCUT2D eigenvalue weighted by molar-refractivity contribution is -0.384. The van der Waals surface area contributed by atoms with Gasteiger partial charge >= 0.3 is 0 Å². The van der Waals surface area contributed by atoms with E-state index in [-0.39, 0.29) is 16.3 Å². The van der Waals surface area contributed by atoms with Crippen molar-refractivity contribution in [2.75, 3.05) is 5.32 Å². The third-order valence-electron chi connectivity index (χ3n) is 3.59. The van der Waals surface area contributed by atoms with Gasteiger partial charge in [0.2, 0.25) is 5.91 Å². The van der Waals surface area contributed by atoms with Crippen LogP contribution < -0.4 is 10.6 Å². The minimum atomic E-state index is -0.868. The summed E-state index contributed by atoms with van der Waals surface area (Å²) in [5.41, 5.74) is 0.997. The quantitative estimate of drug-likeness (QED) is 0.590. The van der Waals surface area contributed by atoms with E-state index in [2.05, 4.69) is 10.6 Å². The number of carbonyl (C=O) groups excluding carboxylic acids is 2. The number of nitrogens with one attached hydrogen (secondary N) is 2. The SMILES string of the molecule is Cc1cc(Cl)ccc1NC(=O)[C@H](C)NC(=O)c1ccc(Cl)c([N+](=O)[O-])c1. The smallest absolute Gasteiger partial charge is 0.288 e. The van der Waals surface area contributed by atoms with Crippen LogP contribution in [-0.2, 0) is 4.79 Å². The number of benzene rings is 2. The van der Waals surface area contributed by atoms with E-state index in [1.165, 1.54) is 19.1 Å². The van der Waals surface area contributed by atoms with Crippen molar-refractivity contribution in [3.8, 4) is 0 Å². The third kappa shape index (κ3) is 4.71. The number of carbonyl (C=O) groups is 2. The highest BCUT2D eigenvalue weighted by molar-refractivity contribution is 6.32. The maximum absolute atomic E-state index is 12.3. The van der Waals surface area contributed by atoms with E-state index in [9.17, 15) is 19.7 Å². The summed E-state index contributed by atoms with van der Waals surface area (Å²) in [5.74, 6) is -1.06. The Hall–Kier alpha value is -2.64. The Bertz CT molecular complexity index is 886. The van der Waals surface area contributed by atoms with Crippen molar-refractivity contribution in [3.05, 3.63) is 67.7 Å². The fourth-order valence-corrected chi connectivity index (χ4v) is 2.56. The highest BCUT2D eigenvalue weighted by Crippen LogP contribution is 2.25. The van der Waals surface area contributed by atoms with Crippen LogP contribution in [0.2, 0.25) is 10.0 Å². The average molecular weight is 396 g/mol. The second kappa shape index (κ2) is 8.16. The summed E-state index contributed by atoms with van der Waals surface area (Å²) in [6, 6.07) is 7.80. The van der Waals surface area contributed by atoms with Gasteiger partial charge in [0.15, 0.2) is 0 Å². The van der Waals surface area contributed by atoms with Gasteiger partial charge in [-0.05, 0) is 49.7 Å². The molecule has 26 heavy (non-hydrogen) atoms. The van der Waals surface area contributed by atoms with Crippen molar-refractivity contribution in [1.29, 1.82) is 0 Å². The predicted octanol–water partition coefficient (Wildman–Crippen LogP) is 3.97. The minimum Gasteiger partial charge on any atom is -0.341 e. The van der Waals surface area contributed by atoms with Gasteiger partial charge in [0, 0.05) is 22.3 Å². The molecule has 0 unspecified atom stereocenters. The van der Waals surface area contributed by atoms with E-state index in [1.807, 2.05) is 0 Å². The normalized spacial score (nSPS) is 11.5. The zero-order chi connectivity index (χ0) is 19.4. The second-order valence-electron chi connectivity index (χ2n) is 5.57. The summed E-state index contributed by atoms with van der Waals surface area (Å²) < 4.78 is 0. The Morgan fingerprint density at radius 2 is 1.85 bits per heavy atom. The van der Waals surface area contributed by atoms with E-state index < -0.39 is 22.8 Å². The molecule has 7 nitrogen and oxygen atoms in total. The molecule has 2 aromatic rings. The minimum absolute atomic E-state index is 0.0309. The Balaban J connectivity index is 2.07. The van der Waals surface area contributed by atoms with Crippen LogP contribution in [0.25, 0.3) is 0 Å². The maximum Gasteiger partial charge on any atom is 0.288 e. The molecular formula is C17H15Cl2N3O4. The van der Waals surface area contributed by atoms with Crippen LogP contribution in [-0.4, -0.2) is 22.8 Å². The maximum atomic E-state index is 12.3. The molecule has 0 aromatic heterocycles. The molecule has 2 amide bonds. The van der Waals surface area contributed by atoms with Gasteiger partial charge in [0.1, 0.15) is 11.1 Å². The molecule has 0 radical (unpaired) electrons. The first-order valence-electron chi connectivity index (χ1n) is 7.51. The van der Waals surface area contributed by atoms with Crippen molar-refractivity contribution >= 4 is 46.4 Å². The number of amides is 2. The predicted molar refractivity (Wildman–Crippen MR) is 99.9 cm³/mol. The molecule has 0 heterocycles. The Morgan fingerprint density at radius 3 is 2.46 bits per heavy atom. The highest BCUT2D eigenvalue weighted by Gasteiger charge is 2.20. The molecule has 1 atom stereocenters. The van der Waals surface area contributed by atoms with Gasteiger partial charge in [-0.15, -0.1) is 0 Å². The first-order chi connectivity index (χ1) is 12.2. The summed E-state index contributed by atoms with van der Waals surface area (Å²) in [7, 11) is 0. The van der Waals surface area contributed by atoms with E-state index in [0.717, 1.165) is 11.6 Å². The van der Waals surface area contributed by atoms with Crippen LogP contribution in [0.5, 0.6) is 0 Å². The number of nitro groups is 1. The van der Waals surface area contributed by atoms with Gasteiger partial charge in [-0.25, -0.2) is 0 Å². The van der Waals surface area contributed by atoms with Crippen molar-refractivity contribution in [2.45, 2.75) is 19.9 Å². The second-order valence-corrected chi connectivity index (χ2v) is 6.41. The van der Waals surface area contributed by atoms with Crippen LogP contribution in [0.4, 0.5) is 11.4 Å². The number of halogens is 2. The zero-order valence-corrected chi connectivity index (χ0v) is 15.4. The summed E-state index contributed by atoms with van der Waals surface area (Å²) in [4.78, 5) is 34.7. The molecule has 2 aromatic carbocycles. The molecule has 0 spiro atoms. The molecule has 0 saturated heterocycles. The van der Waals surface area contributed by atoms with Crippen LogP contribution in [0.1, 0.15) is 22.8 Å². The number of hydrogen-bond acceptors (Lipinski definition) is 4. The fourth-order valence-electron chi connectivity index (χ4n) is 2.15. The lowest BCUT2D eigenvalue weighted by Gasteiger charge is -2.15. The van der Waals surface area contributed by atoms with E-state index in [4.69, 9.17) is 23.2 Å². The molecule has 136 valence electrons. The number of nitrogens with zero attached hydrogens (tertiary/aromatic N) is 1. The van der Waals surface area contributed by atoms with Gasteiger partial charge in [-0.3, -0.25) is 19.7 Å². The molecule has 2 N–H and O–H groups in total. The van der Waals surface area contributed by atoms with Crippen molar-refractivity contribution in [2.24, 2.45) is 0 Å². The van der Waals surface area contributed by atoms with E-state index >= 15 is 0 Å². The molecule has 0 fully saturated rings. The Morgan fingerprint density at radius 1 is 1.15 bits per heavy atom. The van der Waals surface area contributed by atoms with E-state index in [0.29, 0.717) is 10.7 Å². The van der Waals surface area contributed by atoms with Crippen molar-refractivity contribution < 1.29 is 14.5 Å². The first-order valence-corrected chi connectivity index (χ1v) is 8.26. The number of rotatable bonds is 5. The zero-order valence-electron chi connectivity index (χ0n) is 13.9. The van der Waals surface area contributed by atoms with Crippen LogP contribution >= 0.6 is 23.2 Å². The largest absolute Gasteiger partial charge is 0.341 e. The monoisotopic (exact) mass is 395 g/mol. The summed E-state index contributed by atoms with van der Waals surface area (Å²) >= 11 is 11.6. The summed E-state index contributed by atoms with van der Waals surface area (Å²) in [6.45, 7) is 3.29. The third-order valence-corrected chi connectivity index (χ3v) is 4.15. The van der Waals surface area contributed by atoms with Gasteiger partial charge < -0.3 is 10.6 Å². The van der Waals surface area contributed by atoms with Crippen LogP contribution in [0.3, 0.4) is 0 Å². The molecule has 9 heteroatoms. The number of anilines is 1. The molecule has 0 aliphatic carbocycles. The molecule has 2 rings (SSSR count). The first kappa shape index (κ1) is 19.7. The van der Waals surface area contributed by atoms with Crippen molar-refractivity contribution in [3.63, 3.8) is 0 Å². The lowest BCUT2D eigenvalue weighted by Crippen LogP contribution is -2.41. The van der Waals surface area contributed by atoms with Crippen molar-refractivity contribution in [1.82, 2.24) is 5.32 Å². The van der Waals surface area contributed by atoms with E-state index in [1.54, 1.807) is 25.1 Å². The Kier molecular flexibility index (Phi) is 6.18. The van der Waals surface area contributed by atoms with Gasteiger partial charge in [0.05, 0.1) is 4.92 Å². The molecule has 0 aliphatic rings. The van der Waals surface area contributed by atoms with Crippen LogP contribution in [0.15, 0.2) is 36.4 Å². The Labute approximate surface area is 159 Å². The molecule has 0 saturated carbocycles. The summed E-state index contributed by atoms with van der Waals surface area (Å²) in [6.07, 6.45) is 0. The summed E-state index contributed by atoms with van der Waals surface area (Å²) in [5, 5.41) is 16.6. The van der Waals surface area contributed by atoms with Gasteiger partial charge in [-0.2, -0.15) is 0 Å². The number of aryl methyl sites for hydroxylation is 1. The fraction of sp³-hybridized carbons (Fsp3) is 0.176. The van der Waals surface area contributed by atoms with Gasteiger partial charge in [0.25, 0.3) is 11.6 Å². The lowest BCUT2D eigenvalue weighted by atomic mass is 10.1. The average Bonchev–Trinajstić information content (AvgIpc) is 2.57. The van der Waals surface area contributed by atoms with Gasteiger partial charge in [-0.1, -0.05) is 23.2 Å². The molecule has 0 bridgehead atoms. The number of nitro benzene ring substituents is 1.